The lowest BCUT2D eigenvalue weighted by Gasteiger charge is -2.12. The number of amides is 1. The molecule has 2 aromatic carbocycles. The molecule has 0 unspecified atom stereocenters. The number of nitrogens with one attached hydrogen (secondary N) is 2. The van der Waals surface area contributed by atoms with Crippen molar-refractivity contribution in [2.75, 3.05) is 17.1 Å². The molecule has 0 fully saturated rings. The molecule has 1 heterocycles. The summed E-state index contributed by atoms with van der Waals surface area (Å²) in [6.45, 7) is 3.34. The minimum atomic E-state index is -3.97. The third-order valence-corrected chi connectivity index (χ3v) is 6.09. The molecular formula is C19H19N3O4S2. The van der Waals surface area contributed by atoms with Crippen LogP contribution in [0.1, 0.15) is 12.5 Å². The van der Waals surface area contributed by atoms with Crippen molar-refractivity contribution < 1.29 is 17.9 Å². The van der Waals surface area contributed by atoms with E-state index in [0.717, 1.165) is 11.1 Å². The number of aromatic nitrogens is 1. The minimum Gasteiger partial charge on any atom is -0.495 e. The molecule has 0 aliphatic rings. The number of hydrogen-bond donors (Lipinski definition) is 2. The lowest BCUT2D eigenvalue weighted by atomic mass is 10.1. The summed E-state index contributed by atoms with van der Waals surface area (Å²) in [5.41, 5.74) is 3.07. The Morgan fingerprint density at radius 1 is 1.14 bits per heavy atom. The maximum absolute atomic E-state index is 12.9. The van der Waals surface area contributed by atoms with Gasteiger partial charge in [-0.1, -0.05) is 29.8 Å². The van der Waals surface area contributed by atoms with Crippen molar-refractivity contribution in [3.8, 4) is 17.0 Å². The van der Waals surface area contributed by atoms with Crippen molar-refractivity contribution in [2.24, 2.45) is 0 Å². The second-order valence-electron chi connectivity index (χ2n) is 6.06. The number of methoxy groups -OCH3 is 1. The van der Waals surface area contributed by atoms with Gasteiger partial charge >= 0.3 is 0 Å². The second-order valence-corrected chi connectivity index (χ2v) is 8.57. The zero-order valence-electron chi connectivity index (χ0n) is 15.5. The summed E-state index contributed by atoms with van der Waals surface area (Å²) in [4.78, 5) is 15.5. The van der Waals surface area contributed by atoms with E-state index in [0.29, 0.717) is 11.4 Å². The number of ether oxygens (including phenoxy) is 1. The van der Waals surface area contributed by atoms with E-state index in [1.165, 1.54) is 37.5 Å². The van der Waals surface area contributed by atoms with Crippen molar-refractivity contribution in [2.45, 2.75) is 18.7 Å². The summed E-state index contributed by atoms with van der Waals surface area (Å²) in [5, 5.41) is 4.59. The molecule has 0 saturated carbocycles. The maximum Gasteiger partial charge on any atom is 0.267 e. The molecule has 0 radical (unpaired) electrons. The van der Waals surface area contributed by atoms with Crippen LogP contribution < -0.4 is 14.8 Å². The van der Waals surface area contributed by atoms with Gasteiger partial charge in [0.25, 0.3) is 10.0 Å². The van der Waals surface area contributed by atoms with Crippen LogP contribution in [0.3, 0.4) is 0 Å². The molecule has 0 saturated heterocycles. The Hall–Kier alpha value is -2.91. The quantitative estimate of drug-likeness (QED) is 0.634. The Kier molecular flexibility index (Phi) is 5.66. The van der Waals surface area contributed by atoms with E-state index >= 15 is 0 Å². The molecule has 1 aromatic heterocycles. The highest BCUT2D eigenvalue weighted by molar-refractivity contribution is 7.93. The van der Waals surface area contributed by atoms with E-state index in [9.17, 15) is 13.2 Å². The molecule has 28 heavy (non-hydrogen) atoms. The van der Waals surface area contributed by atoms with Crippen molar-refractivity contribution in [1.29, 1.82) is 0 Å². The van der Waals surface area contributed by atoms with Crippen molar-refractivity contribution in [1.82, 2.24) is 4.98 Å². The van der Waals surface area contributed by atoms with Gasteiger partial charge < -0.3 is 10.1 Å². The smallest absolute Gasteiger partial charge is 0.267 e. The van der Waals surface area contributed by atoms with Crippen molar-refractivity contribution >= 4 is 38.1 Å². The van der Waals surface area contributed by atoms with Crippen LogP contribution >= 0.6 is 11.3 Å². The molecule has 146 valence electrons. The van der Waals surface area contributed by atoms with E-state index in [1.807, 2.05) is 31.2 Å². The van der Waals surface area contributed by atoms with Gasteiger partial charge in [0.05, 0.1) is 12.8 Å². The van der Waals surface area contributed by atoms with Gasteiger partial charge in [-0.05, 0) is 25.1 Å². The van der Waals surface area contributed by atoms with Crippen LogP contribution in [-0.2, 0) is 14.8 Å². The van der Waals surface area contributed by atoms with E-state index in [-0.39, 0.29) is 21.7 Å². The molecule has 3 aromatic rings. The zero-order valence-corrected chi connectivity index (χ0v) is 17.1. The first-order chi connectivity index (χ1) is 13.3. The first kappa shape index (κ1) is 19.8. The van der Waals surface area contributed by atoms with Crippen LogP contribution in [0.25, 0.3) is 11.3 Å². The van der Waals surface area contributed by atoms with Crippen LogP contribution in [0.15, 0.2) is 52.7 Å². The average molecular weight is 418 g/mol. The van der Waals surface area contributed by atoms with Gasteiger partial charge in [-0.3, -0.25) is 9.52 Å². The molecular weight excluding hydrogens is 398 g/mol. The van der Waals surface area contributed by atoms with E-state index < -0.39 is 10.0 Å². The normalized spacial score (nSPS) is 11.1. The number of sulfonamides is 1. The number of nitrogens with zero attached hydrogens (tertiary/aromatic N) is 1. The number of aryl methyl sites for hydroxylation is 1. The third-order valence-electron chi connectivity index (χ3n) is 3.85. The number of hydrogen-bond acceptors (Lipinski definition) is 6. The fraction of sp³-hybridized carbons (Fsp3) is 0.158. The molecule has 7 nitrogen and oxygen atoms in total. The molecule has 0 aliphatic carbocycles. The van der Waals surface area contributed by atoms with Crippen LogP contribution in [0.5, 0.6) is 5.75 Å². The number of rotatable bonds is 6. The summed E-state index contributed by atoms with van der Waals surface area (Å²) in [6, 6.07) is 12.2. The predicted molar refractivity (Wildman–Crippen MR) is 110 cm³/mol. The lowest BCUT2D eigenvalue weighted by Crippen LogP contribution is -2.15. The number of anilines is 2. The topological polar surface area (TPSA) is 97.4 Å². The Labute approximate surface area is 167 Å². The second kappa shape index (κ2) is 7.99. The highest BCUT2D eigenvalue weighted by atomic mass is 32.2. The summed E-state index contributed by atoms with van der Waals surface area (Å²) < 4.78 is 33.4. The molecule has 1 amide bonds. The fourth-order valence-corrected chi connectivity index (χ4v) is 4.68. The van der Waals surface area contributed by atoms with Gasteiger partial charge in [-0.25, -0.2) is 13.4 Å². The fourth-order valence-electron chi connectivity index (χ4n) is 2.52. The highest BCUT2D eigenvalue weighted by Gasteiger charge is 2.22. The Balaban J connectivity index is 1.90. The van der Waals surface area contributed by atoms with Crippen molar-refractivity contribution in [3.05, 3.63) is 53.4 Å². The van der Waals surface area contributed by atoms with Gasteiger partial charge in [0.15, 0.2) is 5.13 Å². The molecule has 9 heteroatoms. The van der Waals surface area contributed by atoms with Gasteiger partial charge in [-0.15, -0.1) is 11.3 Å². The van der Waals surface area contributed by atoms with Gasteiger partial charge in [0.2, 0.25) is 5.91 Å². The number of carbonyl (C=O) groups excluding carboxylic acids is 1. The SMILES string of the molecule is COc1ccc(NC(C)=O)cc1S(=O)(=O)Nc1nc(-c2ccc(C)cc2)cs1. The van der Waals surface area contributed by atoms with E-state index in [4.69, 9.17) is 4.74 Å². The monoisotopic (exact) mass is 417 g/mol. The summed E-state index contributed by atoms with van der Waals surface area (Å²) >= 11 is 1.19. The molecule has 3 rings (SSSR count). The van der Waals surface area contributed by atoms with Crippen LogP contribution in [0, 0.1) is 6.92 Å². The maximum atomic E-state index is 12.9. The average Bonchev–Trinajstić information content (AvgIpc) is 3.09. The molecule has 0 aliphatic heterocycles. The number of thiazole rings is 1. The minimum absolute atomic E-state index is 0.0895. The summed E-state index contributed by atoms with van der Waals surface area (Å²) in [7, 11) is -2.59. The van der Waals surface area contributed by atoms with Gasteiger partial charge in [0, 0.05) is 23.6 Å². The molecule has 2 N–H and O–H groups in total. The Morgan fingerprint density at radius 2 is 1.86 bits per heavy atom. The largest absolute Gasteiger partial charge is 0.495 e. The van der Waals surface area contributed by atoms with Crippen LogP contribution in [0.2, 0.25) is 0 Å². The Bertz CT molecular complexity index is 1110. The molecule has 0 spiro atoms. The highest BCUT2D eigenvalue weighted by Crippen LogP contribution is 2.31. The first-order valence-electron chi connectivity index (χ1n) is 8.29. The van der Waals surface area contributed by atoms with Gasteiger partial charge in [0.1, 0.15) is 10.6 Å². The summed E-state index contributed by atoms with van der Waals surface area (Å²) in [6.07, 6.45) is 0. The third kappa shape index (κ3) is 4.49. The zero-order chi connectivity index (χ0) is 20.3. The predicted octanol–water partition coefficient (Wildman–Crippen LogP) is 3.89. The van der Waals surface area contributed by atoms with Crippen LogP contribution in [0.4, 0.5) is 10.8 Å². The van der Waals surface area contributed by atoms with Gasteiger partial charge in [-0.2, -0.15) is 0 Å². The lowest BCUT2D eigenvalue weighted by molar-refractivity contribution is -0.114. The van der Waals surface area contributed by atoms with Crippen molar-refractivity contribution in [3.63, 3.8) is 0 Å². The van der Waals surface area contributed by atoms with E-state index in [2.05, 4.69) is 15.0 Å². The summed E-state index contributed by atoms with van der Waals surface area (Å²) in [5.74, 6) is -0.138. The van der Waals surface area contributed by atoms with E-state index in [1.54, 1.807) is 11.4 Å². The Morgan fingerprint density at radius 3 is 2.50 bits per heavy atom. The van der Waals surface area contributed by atoms with Crippen LogP contribution in [-0.4, -0.2) is 26.4 Å². The molecule has 0 bridgehead atoms. The standard InChI is InChI=1S/C19H19N3O4S2/c1-12-4-6-14(7-5-12)16-11-27-19(21-16)22-28(24,25)18-10-15(20-13(2)23)8-9-17(18)26-3/h4-11H,1-3H3,(H,20,23)(H,21,22). The first-order valence-corrected chi connectivity index (χ1v) is 10.7. The number of benzene rings is 2. The number of carbonyl (C=O) groups is 1. The molecule has 0 atom stereocenters.